The second-order valence-electron chi connectivity index (χ2n) is 4.64. The van der Waals surface area contributed by atoms with E-state index in [0.717, 1.165) is 10.8 Å². The minimum Gasteiger partial charge on any atom is -0.493 e. The molecule has 1 aromatic heterocycles. The molecule has 0 fully saturated rings. The highest BCUT2D eigenvalue weighted by atomic mass is 32.2. The highest BCUT2D eigenvalue weighted by molar-refractivity contribution is 7.90. The number of nitrogens with one attached hydrogen (secondary N) is 1. The molecule has 0 atom stereocenters. The van der Waals surface area contributed by atoms with E-state index in [2.05, 4.69) is 10.3 Å². The summed E-state index contributed by atoms with van der Waals surface area (Å²) in [7, 11) is 0.140. The first-order chi connectivity index (χ1) is 9.94. The molecule has 1 heterocycles. The maximum Gasteiger partial charge on any atom is 0.161 e. The first-order valence-electron chi connectivity index (χ1n) is 6.37. The molecule has 7 heteroatoms. The zero-order valence-electron chi connectivity index (χ0n) is 12.2. The summed E-state index contributed by atoms with van der Waals surface area (Å²) in [6.45, 7) is 0.305. The van der Waals surface area contributed by atoms with Crippen LogP contribution in [-0.2, 0) is 9.84 Å². The standard InChI is InChI=1S/C14H18N2O4S/c1-19-12-8-10-4-5-15-14(11(10)9-13(12)20-2)16-6-7-21(3,17)18/h4-5,8-9H,6-7H2,1-3H3,(H,15,16). The van der Waals surface area contributed by atoms with Crippen LogP contribution < -0.4 is 14.8 Å². The molecule has 114 valence electrons. The molecule has 2 rings (SSSR count). The van der Waals surface area contributed by atoms with Crippen molar-refractivity contribution in [2.24, 2.45) is 0 Å². The lowest BCUT2D eigenvalue weighted by atomic mass is 10.1. The summed E-state index contributed by atoms with van der Waals surface area (Å²) in [5.74, 6) is 1.91. The third-order valence-electron chi connectivity index (χ3n) is 3.03. The van der Waals surface area contributed by atoms with Crippen LogP contribution in [0.4, 0.5) is 5.82 Å². The van der Waals surface area contributed by atoms with Crippen molar-refractivity contribution in [3.05, 3.63) is 24.4 Å². The van der Waals surface area contributed by atoms with Crippen LogP contribution in [-0.4, -0.2) is 46.2 Å². The minimum atomic E-state index is -3.01. The van der Waals surface area contributed by atoms with E-state index in [1.165, 1.54) is 6.26 Å². The van der Waals surface area contributed by atoms with Gasteiger partial charge < -0.3 is 14.8 Å². The van der Waals surface area contributed by atoms with Crippen molar-refractivity contribution in [2.45, 2.75) is 0 Å². The molecule has 21 heavy (non-hydrogen) atoms. The Labute approximate surface area is 124 Å². The van der Waals surface area contributed by atoms with Crippen LogP contribution in [0.5, 0.6) is 11.5 Å². The van der Waals surface area contributed by atoms with Gasteiger partial charge in [0.05, 0.1) is 20.0 Å². The molecule has 0 bridgehead atoms. The van der Waals surface area contributed by atoms with Crippen molar-refractivity contribution in [3.63, 3.8) is 0 Å². The summed E-state index contributed by atoms with van der Waals surface area (Å²) >= 11 is 0. The number of rotatable bonds is 6. The Balaban J connectivity index is 2.36. The van der Waals surface area contributed by atoms with Crippen LogP contribution in [0.15, 0.2) is 24.4 Å². The second-order valence-corrected chi connectivity index (χ2v) is 6.90. The van der Waals surface area contributed by atoms with E-state index in [0.29, 0.717) is 23.9 Å². The summed E-state index contributed by atoms with van der Waals surface area (Å²) in [4.78, 5) is 4.26. The summed E-state index contributed by atoms with van der Waals surface area (Å²) in [6.07, 6.45) is 2.87. The number of anilines is 1. The van der Waals surface area contributed by atoms with Crippen molar-refractivity contribution in [2.75, 3.05) is 38.1 Å². The van der Waals surface area contributed by atoms with Gasteiger partial charge in [-0.1, -0.05) is 0 Å². The zero-order chi connectivity index (χ0) is 15.5. The Bertz CT molecular complexity index is 744. The van der Waals surface area contributed by atoms with Gasteiger partial charge in [0.25, 0.3) is 0 Å². The number of sulfone groups is 1. The van der Waals surface area contributed by atoms with Gasteiger partial charge in [0, 0.05) is 24.4 Å². The molecule has 0 amide bonds. The van der Waals surface area contributed by atoms with Gasteiger partial charge >= 0.3 is 0 Å². The number of fused-ring (bicyclic) bond motifs is 1. The molecule has 0 saturated heterocycles. The van der Waals surface area contributed by atoms with Gasteiger partial charge in [0.1, 0.15) is 15.7 Å². The summed E-state index contributed by atoms with van der Waals surface area (Å²) in [5, 5.41) is 4.83. The molecule has 1 N–H and O–H groups in total. The number of benzene rings is 1. The van der Waals surface area contributed by atoms with Gasteiger partial charge in [-0.05, 0) is 23.6 Å². The SMILES string of the molecule is COc1cc2ccnc(NCCS(C)(=O)=O)c2cc1OC. The zero-order valence-corrected chi connectivity index (χ0v) is 13.0. The number of pyridine rings is 1. The van der Waals surface area contributed by atoms with Gasteiger partial charge in [0.15, 0.2) is 11.5 Å². The van der Waals surface area contributed by atoms with E-state index >= 15 is 0 Å². The lowest BCUT2D eigenvalue weighted by molar-refractivity contribution is 0.356. The van der Waals surface area contributed by atoms with E-state index < -0.39 is 9.84 Å². The number of methoxy groups -OCH3 is 2. The first kappa shape index (κ1) is 15.4. The number of nitrogens with zero attached hydrogens (tertiary/aromatic N) is 1. The van der Waals surface area contributed by atoms with E-state index in [9.17, 15) is 8.42 Å². The fourth-order valence-electron chi connectivity index (χ4n) is 2.00. The summed E-state index contributed by atoms with van der Waals surface area (Å²) < 4.78 is 32.9. The lowest BCUT2D eigenvalue weighted by Crippen LogP contribution is -2.14. The fourth-order valence-corrected chi connectivity index (χ4v) is 2.47. The normalized spacial score (nSPS) is 11.4. The third kappa shape index (κ3) is 3.75. The topological polar surface area (TPSA) is 77.5 Å². The Kier molecular flexibility index (Phi) is 4.52. The van der Waals surface area contributed by atoms with Gasteiger partial charge in [-0.3, -0.25) is 0 Å². The molecule has 0 radical (unpaired) electrons. The molecule has 0 aliphatic rings. The van der Waals surface area contributed by atoms with Gasteiger partial charge in [-0.25, -0.2) is 13.4 Å². The van der Waals surface area contributed by atoms with Crippen LogP contribution >= 0.6 is 0 Å². The monoisotopic (exact) mass is 310 g/mol. The molecule has 6 nitrogen and oxygen atoms in total. The molecule has 0 unspecified atom stereocenters. The predicted molar refractivity (Wildman–Crippen MR) is 83.0 cm³/mol. The molecule has 0 aliphatic carbocycles. The van der Waals surface area contributed by atoms with E-state index in [1.54, 1.807) is 20.4 Å². The highest BCUT2D eigenvalue weighted by Gasteiger charge is 2.10. The first-order valence-corrected chi connectivity index (χ1v) is 8.43. The fraction of sp³-hybridized carbons (Fsp3) is 0.357. The number of aromatic nitrogens is 1. The lowest BCUT2D eigenvalue weighted by Gasteiger charge is -2.12. The van der Waals surface area contributed by atoms with E-state index in [4.69, 9.17) is 9.47 Å². The Morgan fingerprint density at radius 2 is 1.86 bits per heavy atom. The van der Waals surface area contributed by atoms with Crippen LogP contribution in [0, 0.1) is 0 Å². The molecular formula is C14H18N2O4S. The van der Waals surface area contributed by atoms with Crippen molar-refractivity contribution in [1.82, 2.24) is 4.98 Å². The smallest absolute Gasteiger partial charge is 0.161 e. The van der Waals surface area contributed by atoms with Crippen LogP contribution in [0.2, 0.25) is 0 Å². The van der Waals surface area contributed by atoms with Crippen molar-refractivity contribution >= 4 is 26.4 Å². The molecule has 1 aromatic carbocycles. The van der Waals surface area contributed by atoms with Gasteiger partial charge in [0.2, 0.25) is 0 Å². The Hall–Kier alpha value is -2.02. The quantitative estimate of drug-likeness (QED) is 0.875. The van der Waals surface area contributed by atoms with Crippen molar-refractivity contribution < 1.29 is 17.9 Å². The highest BCUT2D eigenvalue weighted by Crippen LogP contribution is 2.34. The molecule has 0 spiro atoms. The average molecular weight is 310 g/mol. The molecule has 0 saturated carbocycles. The van der Waals surface area contributed by atoms with Crippen LogP contribution in [0.1, 0.15) is 0 Å². The third-order valence-corrected chi connectivity index (χ3v) is 3.98. The van der Waals surface area contributed by atoms with Gasteiger partial charge in [-0.2, -0.15) is 0 Å². The van der Waals surface area contributed by atoms with E-state index in [1.807, 2.05) is 18.2 Å². The number of hydrogen-bond donors (Lipinski definition) is 1. The maximum atomic E-state index is 11.2. The number of ether oxygens (including phenoxy) is 2. The van der Waals surface area contributed by atoms with Crippen LogP contribution in [0.25, 0.3) is 10.8 Å². The predicted octanol–water partition coefficient (Wildman–Crippen LogP) is 1.71. The molecule has 2 aromatic rings. The molecule has 0 aliphatic heterocycles. The largest absolute Gasteiger partial charge is 0.493 e. The molecular weight excluding hydrogens is 292 g/mol. The summed E-state index contributed by atoms with van der Waals surface area (Å²) in [6, 6.07) is 5.54. The minimum absolute atomic E-state index is 0.0539. The average Bonchev–Trinajstić information content (AvgIpc) is 2.44. The van der Waals surface area contributed by atoms with Crippen molar-refractivity contribution in [1.29, 1.82) is 0 Å². The Morgan fingerprint density at radius 1 is 1.19 bits per heavy atom. The maximum absolute atomic E-state index is 11.2. The Morgan fingerprint density at radius 3 is 2.48 bits per heavy atom. The second kappa shape index (κ2) is 6.17. The van der Waals surface area contributed by atoms with Gasteiger partial charge in [-0.15, -0.1) is 0 Å². The number of hydrogen-bond acceptors (Lipinski definition) is 6. The van der Waals surface area contributed by atoms with Crippen molar-refractivity contribution in [3.8, 4) is 11.5 Å². The van der Waals surface area contributed by atoms with E-state index in [-0.39, 0.29) is 5.75 Å². The van der Waals surface area contributed by atoms with Crippen LogP contribution in [0.3, 0.4) is 0 Å². The summed E-state index contributed by atoms with van der Waals surface area (Å²) in [5.41, 5.74) is 0.